The molecule has 0 atom stereocenters. The van der Waals surface area contributed by atoms with Gasteiger partial charge < -0.3 is 11.6 Å². The normalized spacial score (nSPS) is 7.79. The van der Waals surface area contributed by atoms with Gasteiger partial charge in [0.05, 0.1) is 0 Å². The quantitative estimate of drug-likeness (QED) is 0.128. The molecule has 0 aliphatic rings. The van der Waals surface area contributed by atoms with Crippen LogP contribution in [0.3, 0.4) is 0 Å². The first-order valence-corrected chi connectivity index (χ1v) is 10.7. The van der Waals surface area contributed by atoms with Crippen molar-refractivity contribution in [1.29, 1.82) is 0 Å². The van der Waals surface area contributed by atoms with Gasteiger partial charge in [0, 0.05) is 25.5 Å². The molecule has 0 unspecified atom stereocenters. The molecule has 0 aliphatic carbocycles. The number of carbonyl (C=O) groups excluding carboxylic acids is 3. The van der Waals surface area contributed by atoms with Crippen molar-refractivity contribution >= 4 is 64.8 Å². The van der Waals surface area contributed by atoms with E-state index >= 15 is 0 Å². The Kier molecular flexibility index (Phi) is 42.2. The van der Waals surface area contributed by atoms with Crippen molar-refractivity contribution in [2.45, 2.75) is 32.9 Å². The van der Waals surface area contributed by atoms with Gasteiger partial charge in [0.2, 0.25) is 0 Å². The van der Waals surface area contributed by atoms with Crippen LogP contribution in [0.4, 0.5) is 0 Å². The third-order valence-electron chi connectivity index (χ3n) is 3.07. The number of hydrogen-bond donors (Lipinski definition) is 1. The van der Waals surface area contributed by atoms with Crippen LogP contribution in [0.15, 0.2) is 61.7 Å². The van der Waals surface area contributed by atoms with Crippen LogP contribution in [0.25, 0.3) is 12.2 Å². The van der Waals surface area contributed by atoms with Crippen molar-refractivity contribution in [3.05, 3.63) is 83.9 Å². The van der Waals surface area contributed by atoms with E-state index < -0.39 is 0 Å². The molecule has 178 valence electrons. The van der Waals surface area contributed by atoms with Crippen molar-refractivity contribution in [2.75, 3.05) is 0 Å². The van der Waals surface area contributed by atoms with E-state index in [1.165, 1.54) is 24.2 Å². The largest absolute Gasteiger partial charge is 1.00 e. The maximum atomic E-state index is 10.7. The molecule has 0 radical (unpaired) electrons. The standard InChI is InChI=1S/C11H12OS.C9H9Cl.C2H4OS.CH2O3.CH4.2K.H/c1-3-10-4-6-11(7-5-10)8-13-9(2)12;1-2-8-3-5-9(7-10)6-4-8;1-2(3)4;2-1-4-3;;;;/h3-7H,1,8H2,2H3;2-6H,1,7H2;1H3,(H,3,4);1,3H;1H4;;;/q;;;;;2*+1;-1/p-1. The molecule has 5 nitrogen and oxygen atoms in total. The fraction of sp³-hybridized carbons (Fsp3) is 0.208. The van der Waals surface area contributed by atoms with Gasteiger partial charge in [-0.15, -0.1) is 24.2 Å². The van der Waals surface area contributed by atoms with Crippen LogP contribution in [-0.4, -0.2) is 16.7 Å². The van der Waals surface area contributed by atoms with Gasteiger partial charge in [0.15, 0.2) is 10.2 Å². The second kappa shape index (κ2) is 32.0. The topological polar surface area (TPSA) is 83.5 Å². The van der Waals surface area contributed by atoms with Crippen LogP contribution < -0.4 is 108 Å². The minimum absolute atomic E-state index is 0. The molecule has 2 aromatic rings. The Morgan fingerprint density at radius 3 is 1.56 bits per heavy atom. The summed E-state index contributed by atoms with van der Waals surface area (Å²) in [5.74, 6) is 1.34. The van der Waals surface area contributed by atoms with Crippen LogP contribution >= 0.6 is 36.0 Å². The van der Waals surface area contributed by atoms with Crippen LogP contribution in [0.2, 0.25) is 0 Å². The zero-order chi connectivity index (χ0) is 24.1. The van der Waals surface area contributed by atoms with Crippen LogP contribution in [0, 0.1) is 0 Å². The summed E-state index contributed by atoms with van der Waals surface area (Å²) >= 11 is 10.3. The van der Waals surface area contributed by atoms with E-state index in [4.69, 9.17) is 21.7 Å². The third-order valence-corrected chi connectivity index (χ3v) is 4.26. The van der Waals surface area contributed by atoms with Crippen LogP contribution in [0.5, 0.6) is 0 Å². The third kappa shape index (κ3) is 31.0. The molecule has 2 rings (SSSR count). The summed E-state index contributed by atoms with van der Waals surface area (Å²) in [4.78, 5) is 31.2. The van der Waals surface area contributed by atoms with Gasteiger partial charge in [-0.3, -0.25) is 14.4 Å². The zero-order valence-electron chi connectivity index (χ0n) is 20.5. The van der Waals surface area contributed by atoms with E-state index in [0.29, 0.717) is 5.88 Å². The van der Waals surface area contributed by atoms with E-state index in [2.05, 4.69) is 30.7 Å². The molecule has 0 bridgehead atoms. The number of hydrogen-bond acceptors (Lipinski definition) is 6. The maximum Gasteiger partial charge on any atom is 1.00 e. The average Bonchev–Trinajstić information content (AvgIpc) is 2.78. The number of alkyl halides is 1. The molecule has 0 N–H and O–H groups in total. The fourth-order valence-corrected chi connectivity index (χ4v) is 2.42. The first-order chi connectivity index (χ1) is 14.7. The Morgan fingerprint density at radius 2 is 1.32 bits per heavy atom. The molecule has 0 aromatic heterocycles. The fourth-order valence-electron chi connectivity index (χ4n) is 1.68. The first-order valence-electron chi connectivity index (χ1n) is 8.77. The number of carbonyl (C=O) groups is 3. The van der Waals surface area contributed by atoms with Gasteiger partial charge in [-0.1, -0.05) is 93.0 Å². The zero-order valence-corrected chi connectivity index (χ0v) is 28.2. The van der Waals surface area contributed by atoms with Gasteiger partial charge in [0.1, 0.15) is 0 Å². The number of thiol groups is 1. The molecule has 0 heterocycles. The number of rotatable bonds is 6. The van der Waals surface area contributed by atoms with Gasteiger partial charge >= 0.3 is 103 Å². The molecule has 34 heavy (non-hydrogen) atoms. The summed E-state index contributed by atoms with van der Waals surface area (Å²) in [6.45, 7) is 10.1. The monoisotopic (exact) mass is 576 g/mol. The molecule has 2 aromatic carbocycles. The minimum Gasteiger partial charge on any atom is -1.00 e. The van der Waals surface area contributed by atoms with Crippen LogP contribution in [-0.2, 0) is 30.9 Å². The molecule has 0 saturated carbocycles. The molecular weight excluding hydrogens is 546 g/mol. The SMILES string of the molecule is C.C=Cc1ccc(CCl)cc1.C=Cc1ccc(CSC(C)=O)cc1.CC(=O)S.O=CO[O-].[H-].[K+].[K+]. The Hall–Kier alpha value is 0.953. The van der Waals surface area contributed by atoms with E-state index in [0.717, 1.165) is 22.4 Å². The summed E-state index contributed by atoms with van der Waals surface area (Å²) in [6.07, 6.45) is 3.62. The average molecular weight is 577 g/mol. The molecule has 10 heteroatoms. The number of benzene rings is 2. The predicted octanol–water partition coefficient (Wildman–Crippen LogP) is -0.168. The number of thioether (sulfide) groups is 1. The number of halogens is 1. The summed E-state index contributed by atoms with van der Waals surface area (Å²) in [6, 6.07) is 16.1. The Morgan fingerprint density at radius 1 is 1.00 bits per heavy atom. The van der Waals surface area contributed by atoms with Gasteiger partial charge in [-0.25, -0.2) is 0 Å². The van der Waals surface area contributed by atoms with Crippen molar-refractivity contribution < 1.29 is 129 Å². The molecule has 0 amide bonds. The first kappa shape index (κ1) is 44.9. The van der Waals surface area contributed by atoms with E-state index in [1.807, 2.05) is 60.7 Å². The van der Waals surface area contributed by atoms with Gasteiger partial charge in [-0.05, 0) is 22.3 Å². The molecule has 0 spiro atoms. The van der Waals surface area contributed by atoms with Gasteiger partial charge in [-0.2, -0.15) is 0 Å². The molecule has 0 saturated heterocycles. The van der Waals surface area contributed by atoms with Crippen molar-refractivity contribution in [3.8, 4) is 0 Å². The van der Waals surface area contributed by atoms with Crippen molar-refractivity contribution in [3.63, 3.8) is 0 Å². The maximum absolute atomic E-state index is 10.7. The second-order valence-corrected chi connectivity index (χ2v) is 7.57. The molecular formula is C24H31ClK2O5S2. The molecule has 0 aliphatic heterocycles. The smallest absolute Gasteiger partial charge is 1.00 e. The Labute approximate surface area is 305 Å². The van der Waals surface area contributed by atoms with E-state index in [-0.39, 0.29) is 128 Å². The Bertz CT molecular complexity index is 805. The summed E-state index contributed by atoms with van der Waals surface area (Å²) in [5.41, 5.74) is 4.56. The molecule has 0 fully saturated rings. The Balaban J connectivity index is -0.0000000859. The summed E-state index contributed by atoms with van der Waals surface area (Å²) < 4.78 is 0. The van der Waals surface area contributed by atoms with Gasteiger partial charge in [0.25, 0.3) is 6.47 Å². The summed E-state index contributed by atoms with van der Waals surface area (Å²) in [5, 5.41) is 8.45. The van der Waals surface area contributed by atoms with E-state index in [1.54, 1.807) is 6.92 Å². The van der Waals surface area contributed by atoms with Crippen LogP contribution in [0.1, 0.15) is 45.0 Å². The second-order valence-electron chi connectivity index (χ2n) is 5.52. The van der Waals surface area contributed by atoms with Crippen molar-refractivity contribution in [1.82, 2.24) is 0 Å². The predicted molar refractivity (Wildman–Crippen MR) is 139 cm³/mol. The minimum atomic E-state index is -0.181. The van der Waals surface area contributed by atoms with E-state index in [9.17, 15) is 9.59 Å². The van der Waals surface area contributed by atoms with Crippen molar-refractivity contribution in [2.24, 2.45) is 0 Å². The summed E-state index contributed by atoms with van der Waals surface area (Å²) in [7, 11) is 0.